The number of fused-ring (bicyclic) bond motifs is 1. The third kappa shape index (κ3) is 3.35. The number of amides is 1. The van der Waals surface area contributed by atoms with E-state index >= 15 is 0 Å². The summed E-state index contributed by atoms with van der Waals surface area (Å²) in [5.41, 5.74) is 4.39. The molecule has 27 heavy (non-hydrogen) atoms. The number of nitriles is 1. The summed E-state index contributed by atoms with van der Waals surface area (Å²) in [5, 5.41) is 12.1. The second-order valence-electron chi connectivity index (χ2n) is 6.37. The molecule has 1 aliphatic rings. The minimum Gasteiger partial charge on any atom is -0.324 e. The molecule has 0 spiro atoms. The van der Waals surface area contributed by atoms with Crippen LogP contribution >= 0.6 is 0 Å². The normalized spacial score (nSPS) is 12.4. The fourth-order valence-corrected chi connectivity index (χ4v) is 3.22. The maximum Gasteiger partial charge on any atom is 0.277 e. The quantitative estimate of drug-likeness (QED) is 0.776. The van der Waals surface area contributed by atoms with Gasteiger partial charge >= 0.3 is 0 Å². The van der Waals surface area contributed by atoms with Gasteiger partial charge in [0.1, 0.15) is 5.69 Å². The van der Waals surface area contributed by atoms with Crippen LogP contribution in [0.3, 0.4) is 0 Å². The van der Waals surface area contributed by atoms with Gasteiger partial charge in [-0.05, 0) is 49.2 Å². The third-order valence-electron chi connectivity index (χ3n) is 4.45. The lowest BCUT2D eigenvalue weighted by Gasteiger charge is -2.17. The summed E-state index contributed by atoms with van der Waals surface area (Å²) in [6.07, 6.45) is 0.845. The Morgan fingerprint density at radius 3 is 2.85 bits per heavy atom. The van der Waals surface area contributed by atoms with E-state index in [9.17, 15) is 4.79 Å². The molecule has 1 aromatic heterocycles. The van der Waals surface area contributed by atoms with Crippen molar-refractivity contribution in [2.75, 3.05) is 16.8 Å². The number of aromatic nitrogens is 2. The van der Waals surface area contributed by atoms with Crippen LogP contribution in [0.15, 0.2) is 54.6 Å². The van der Waals surface area contributed by atoms with Gasteiger partial charge in [0.05, 0.1) is 11.6 Å². The average Bonchev–Trinajstić information content (AvgIpc) is 3.11. The van der Waals surface area contributed by atoms with Crippen LogP contribution in [0.2, 0.25) is 0 Å². The van der Waals surface area contributed by atoms with Gasteiger partial charge in [0.15, 0.2) is 0 Å². The van der Waals surface area contributed by atoms with Gasteiger partial charge in [-0.25, -0.2) is 9.97 Å². The summed E-state index contributed by atoms with van der Waals surface area (Å²) in [6, 6.07) is 18.8. The van der Waals surface area contributed by atoms with Gasteiger partial charge in [0.2, 0.25) is 5.95 Å². The number of nitrogens with zero attached hydrogens (tertiary/aromatic N) is 4. The van der Waals surface area contributed by atoms with E-state index in [1.165, 1.54) is 5.56 Å². The van der Waals surface area contributed by atoms with Crippen LogP contribution in [0.5, 0.6) is 0 Å². The van der Waals surface area contributed by atoms with Crippen molar-refractivity contribution in [3.8, 4) is 6.07 Å². The van der Waals surface area contributed by atoms with Gasteiger partial charge in [-0.15, -0.1) is 0 Å². The molecule has 0 atom stereocenters. The summed E-state index contributed by atoms with van der Waals surface area (Å²) in [5.74, 6) is 0.195. The van der Waals surface area contributed by atoms with E-state index in [-0.39, 0.29) is 5.91 Å². The van der Waals surface area contributed by atoms with Gasteiger partial charge in [-0.1, -0.05) is 24.3 Å². The number of para-hydroxylation sites is 1. The Bertz CT molecular complexity index is 1070. The molecule has 1 N–H and O–H groups in total. The van der Waals surface area contributed by atoms with Crippen LogP contribution in [0.1, 0.15) is 27.3 Å². The molecule has 1 aliphatic heterocycles. The van der Waals surface area contributed by atoms with Gasteiger partial charge < -0.3 is 10.2 Å². The Kier molecular flexibility index (Phi) is 4.27. The maximum absolute atomic E-state index is 13.0. The predicted molar refractivity (Wildman–Crippen MR) is 103 cm³/mol. The van der Waals surface area contributed by atoms with Crippen LogP contribution in [0.4, 0.5) is 17.3 Å². The summed E-state index contributed by atoms with van der Waals surface area (Å²) >= 11 is 0. The summed E-state index contributed by atoms with van der Waals surface area (Å²) in [6.45, 7) is 2.47. The number of anilines is 3. The average molecular weight is 355 g/mol. The second kappa shape index (κ2) is 6.89. The van der Waals surface area contributed by atoms with Crippen molar-refractivity contribution in [3.05, 3.63) is 77.1 Å². The van der Waals surface area contributed by atoms with Crippen molar-refractivity contribution in [1.82, 2.24) is 9.97 Å². The molecule has 4 rings (SSSR count). The third-order valence-corrected chi connectivity index (χ3v) is 4.45. The lowest BCUT2D eigenvalue weighted by molar-refractivity contribution is 0.0984. The minimum absolute atomic E-state index is 0.140. The minimum atomic E-state index is -0.140. The van der Waals surface area contributed by atoms with Crippen LogP contribution in [0, 0.1) is 18.3 Å². The molecule has 0 radical (unpaired) electrons. The zero-order valence-electron chi connectivity index (χ0n) is 14.8. The van der Waals surface area contributed by atoms with E-state index < -0.39 is 0 Å². The predicted octanol–water partition coefficient (Wildman–Crippen LogP) is 3.60. The number of nitrogens with one attached hydrogen (secondary N) is 1. The molecule has 2 heterocycles. The van der Waals surface area contributed by atoms with Crippen LogP contribution < -0.4 is 10.2 Å². The van der Waals surface area contributed by atoms with E-state index in [0.29, 0.717) is 35.1 Å². The lowest BCUT2D eigenvalue weighted by atomic mass is 10.2. The molecule has 0 aliphatic carbocycles. The Hall–Kier alpha value is -3.72. The molecular weight excluding hydrogens is 338 g/mol. The highest BCUT2D eigenvalue weighted by atomic mass is 16.2. The molecule has 3 aromatic rings. The molecule has 0 saturated carbocycles. The van der Waals surface area contributed by atoms with Crippen LogP contribution in [-0.2, 0) is 6.42 Å². The number of benzene rings is 2. The molecule has 2 aromatic carbocycles. The van der Waals surface area contributed by atoms with Crippen molar-refractivity contribution >= 4 is 23.2 Å². The van der Waals surface area contributed by atoms with Crippen molar-refractivity contribution in [3.63, 3.8) is 0 Å². The lowest BCUT2D eigenvalue weighted by Crippen LogP contribution is -2.30. The fraction of sp³-hybridized carbons (Fsp3) is 0.143. The van der Waals surface area contributed by atoms with E-state index in [1.54, 1.807) is 29.2 Å². The monoisotopic (exact) mass is 355 g/mol. The van der Waals surface area contributed by atoms with Gasteiger partial charge in [-0.2, -0.15) is 5.26 Å². The Morgan fingerprint density at radius 1 is 1.15 bits per heavy atom. The first kappa shape index (κ1) is 16.7. The second-order valence-corrected chi connectivity index (χ2v) is 6.37. The molecule has 0 fully saturated rings. The standard InChI is InChI=1S/C21H17N5O/c1-14-11-18(20(27)26-10-9-16-6-2-3-8-19(16)26)25-21(23-14)24-17-7-4-5-15(12-17)13-22/h2-8,11-12H,9-10H2,1H3,(H,23,24,25). The van der Waals surface area contributed by atoms with E-state index in [4.69, 9.17) is 5.26 Å². The number of carbonyl (C=O) groups excluding carboxylic acids is 1. The first-order valence-electron chi connectivity index (χ1n) is 8.67. The summed E-state index contributed by atoms with van der Waals surface area (Å²) in [7, 11) is 0. The molecule has 6 nitrogen and oxygen atoms in total. The van der Waals surface area contributed by atoms with Gasteiger partial charge in [0, 0.05) is 23.6 Å². The Morgan fingerprint density at radius 2 is 2.00 bits per heavy atom. The van der Waals surface area contributed by atoms with Crippen molar-refractivity contribution in [1.29, 1.82) is 5.26 Å². The van der Waals surface area contributed by atoms with Gasteiger partial charge in [-0.3, -0.25) is 4.79 Å². The molecule has 0 unspecified atom stereocenters. The highest BCUT2D eigenvalue weighted by Gasteiger charge is 2.26. The first-order valence-corrected chi connectivity index (χ1v) is 8.67. The van der Waals surface area contributed by atoms with Gasteiger partial charge in [0.25, 0.3) is 5.91 Å². The van der Waals surface area contributed by atoms with Crippen molar-refractivity contribution in [2.45, 2.75) is 13.3 Å². The highest BCUT2D eigenvalue weighted by molar-refractivity contribution is 6.06. The molecule has 132 valence electrons. The summed E-state index contributed by atoms with van der Waals surface area (Å²) < 4.78 is 0. The van der Waals surface area contributed by atoms with E-state index in [1.807, 2.05) is 37.3 Å². The fourth-order valence-electron chi connectivity index (χ4n) is 3.22. The topological polar surface area (TPSA) is 81.9 Å². The SMILES string of the molecule is Cc1cc(C(=O)N2CCc3ccccc32)nc(Nc2cccc(C#N)c2)n1. The zero-order valence-corrected chi connectivity index (χ0v) is 14.8. The molecule has 0 bridgehead atoms. The Labute approximate surface area is 157 Å². The highest BCUT2D eigenvalue weighted by Crippen LogP contribution is 2.28. The van der Waals surface area contributed by atoms with Crippen LogP contribution in [0.25, 0.3) is 0 Å². The number of carbonyl (C=O) groups is 1. The number of hydrogen-bond donors (Lipinski definition) is 1. The molecule has 1 amide bonds. The van der Waals surface area contributed by atoms with Crippen molar-refractivity contribution < 1.29 is 4.79 Å². The maximum atomic E-state index is 13.0. The number of rotatable bonds is 3. The number of aryl methyl sites for hydroxylation is 1. The molecule has 0 saturated heterocycles. The molecule has 6 heteroatoms. The van der Waals surface area contributed by atoms with E-state index in [2.05, 4.69) is 21.4 Å². The molecular formula is C21H17N5O. The first-order chi connectivity index (χ1) is 13.1. The zero-order chi connectivity index (χ0) is 18.8. The summed E-state index contributed by atoms with van der Waals surface area (Å²) in [4.78, 5) is 23.6. The number of hydrogen-bond acceptors (Lipinski definition) is 5. The smallest absolute Gasteiger partial charge is 0.277 e. The van der Waals surface area contributed by atoms with Crippen molar-refractivity contribution in [2.24, 2.45) is 0 Å². The largest absolute Gasteiger partial charge is 0.324 e. The Balaban J connectivity index is 1.63. The van der Waals surface area contributed by atoms with E-state index in [0.717, 1.165) is 12.1 Å². The van der Waals surface area contributed by atoms with Crippen LogP contribution in [-0.4, -0.2) is 22.4 Å².